The summed E-state index contributed by atoms with van der Waals surface area (Å²) >= 11 is 0. The predicted molar refractivity (Wildman–Crippen MR) is 128 cm³/mol. The van der Waals surface area contributed by atoms with E-state index in [1.54, 1.807) is 18.2 Å². The first-order valence-electron chi connectivity index (χ1n) is 11.4. The van der Waals surface area contributed by atoms with Gasteiger partial charge in [0.2, 0.25) is 0 Å². The molecule has 0 aliphatic heterocycles. The summed E-state index contributed by atoms with van der Waals surface area (Å²) in [5, 5.41) is 6.45. The van der Waals surface area contributed by atoms with Gasteiger partial charge < -0.3 is 9.72 Å². The minimum atomic E-state index is -2.62. The van der Waals surface area contributed by atoms with E-state index >= 15 is 4.39 Å². The highest BCUT2D eigenvalue weighted by molar-refractivity contribution is 5.83. The molecule has 0 bridgehead atoms. The second kappa shape index (κ2) is 11.0. The van der Waals surface area contributed by atoms with E-state index in [0.29, 0.717) is 23.5 Å². The molecular formula is C26H25F3N4O2. The molecule has 4 aromatic rings. The maximum absolute atomic E-state index is 15.0. The molecule has 182 valence electrons. The average molecular weight is 483 g/mol. The van der Waals surface area contributed by atoms with Gasteiger partial charge in [-0.1, -0.05) is 50.5 Å². The van der Waals surface area contributed by atoms with Crippen molar-refractivity contribution in [2.24, 2.45) is 0 Å². The second-order valence-electron chi connectivity index (χ2n) is 8.11. The van der Waals surface area contributed by atoms with Crippen molar-refractivity contribution >= 4 is 0 Å². The smallest absolute Gasteiger partial charge is 0.263 e. The van der Waals surface area contributed by atoms with Crippen molar-refractivity contribution in [2.45, 2.75) is 39.0 Å². The number of H-pyrrole nitrogens is 2. The monoisotopic (exact) mass is 482 g/mol. The van der Waals surface area contributed by atoms with Gasteiger partial charge in [-0.25, -0.2) is 18.2 Å². The lowest BCUT2D eigenvalue weighted by Crippen LogP contribution is -2.13. The molecule has 0 aliphatic rings. The largest absolute Gasteiger partial charge is 0.493 e. The van der Waals surface area contributed by atoms with Gasteiger partial charge in [0.25, 0.3) is 12.0 Å². The van der Waals surface area contributed by atoms with Crippen LogP contribution in [0.2, 0.25) is 0 Å². The Labute approximate surface area is 200 Å². The summed E-state index contributed by atoms with van der Waals surface area (Å²) in [6.07, 6.45) is 2.83. The van der Waals surface area contributed by atoms with Crippen LogP contribution in [0.1, 0.15) is 44.6 Å². The SMILES string of the molecule is CCCCCCOc1ccc(-c2cc(-c3ccc(C(F)F)cc3)c(-c3ncn[nH]3)c(=O)[nH]2)c(F)c1. The van der Waals surface area contributed by atoms with Crippen LogP contribution in [0.3, 0.4) is 0 Å². The number of halogens is 3. The van der Waals surface area contributed by atoms with Crippen LogP contribution in [0.5, 0.6) is 5.75 Å². The quantitative estimate of drug-likeness (QED) is 0.252. The summed E-state index contributed by atoms with van der Waals surface area (Å²) in [6.45, 7) is 2.63. The van der Waals surface area contributed by atoms with E-state index in [1.165, 1.54) is 36.7 Å². The molecule has 2 aromatic carbocycles. The maximum atomic E-state index is 15.0. The van der Waals surface area contributed by atoms with Gasteiger partial charge in [-0.2, -0.15) is 5.10 Å². The Bertz CT molecular complexity index is 1320. The molecule has 6 nitrogen and oxygen atoms in total. The number of nitrogens with one attached hydrogen (secondary N) is 2. The normalized spacial score (nSPS) is 11.2. The molecule has 0 amide bonds. The fourth-order valence-electron chi connectivity index (χ4n) is 3.82. The summed E-state index contributed by atoms with van der Waals surface area (Å²) < 4.78 is 46.7. The predicted octanol–water partition coefficient (Wildman–Crippen LogP) is 6.53. The van der Waals surface area contributed by atoms with Crippen LogP contribution in [-0.4, -0.2) is 26.8 Å². The zero-order valence-electron chi connectivity index (χ0n) is 19.2. The van der Waals surface area contributed by atoms with Crippen molar-refractivity contribution in [2.75, 3.05) is 6.61 Å². The summed E-state index contributed by atoms with van der Waals surface area (Å²) in [5.74, 6) is 0.0577. The lowest BCUT2D eigenvalue weighted by molar-refractivity contribution is 0.151. The minimum absolute atomic E-state index is 0.142. The Balaban J connectivity index is 1.71. The van der Waals surface area contributed by atoms with Crippen molar-refractivity contribution in [3.8, 4) is 39.5 Å². The topological polar surface area (TPSA) is 83.7 Å². The number of aromatic nitrogens is 4. The fraction of sp³-hybridized carbons (Fsp3) is 0.269. The van der Waals surface area contributed by atoms with Crippen molar-refractivity contribution in [3.05, 3.63) is 76.6 Å². The Hall–Kier alpha value is -3.88. The van der Waals surface area contributed by atoms with Gasteiger partial charge in [-0.05, 0) is 30.2 Å². The van der Waals surface area contributed by atoms with Crippen LogP contribution in [-0.2, 0) is 0 Å². The molecule has 9 heteroatoms. The van der Waals surface area contributed by atoms with E-state index in [0.717, 1.165) is 25.7 Å². The van der Waals surface area contributed by atoms with E-state index in [4.69, 9.17) is 4.74 Å². The molecule has 0 aliphatic carbocycles. The molecule has 0 unspecified atom stereocenters. The Morgan fingerprint density at radius 1 is 1.00 bits per heavy atom. The molecule has 2 N–H and O–H groups in total. The van der Waals surface area contributed by atoms with Crippen LogP contribution >= 0.6 is 0 Å². The van der Waals surface area contributed by atoms with Gasteiger partial charge in [0.15, 0.2) is 5.82 Å². The summed E-state index contributed by atoms with van der Waals surface area (Å²) in [7, 11) is 0. The van der Waals surface area contributed by atoms with Crippen LogP contribution < -0.4 is 10.3 Å². The van der Waals surface area contributed by atoms with Crippen LogP contribution in [0.4, 0.5) is 13.2 Å². The molecule has 4 rings (SSSR count). The molecular weight excluding hydrogens is 457 g/mol. The van der Waals surface area contributed by atoms with Crippen molar-refractivity contribution in [3.63, 3.8) is 0 Å². The highest BCUT2D eigenvalue weighted by Crippen LogP contribution is 2.33. The third-order valence-corrected chi connectivity index (χ3v) is 5.66. The molecule has 2 aromatic heterocycles. The number of hydrogen-bond donors (Lipinski definition) is 2. The molecule has 0 saturated heterocycles. The Morgan fingerprint density at radius 3 is 2.46 bits per heavy atom. The number of aromatic amines is 2. The van der Waals surface area contributed by atoms with Gasteiger partial charge in [-0.15, -0.1) is 0 Å². The second-order valence-corrected chi connectivity index (χ2v) is 8.11. The Morgan fingerprint density at radius 2 is 1.80 bits per heavy atom. The number of alkyl halides is 2. The number of benzene rings is 2. The Kier molecular flexibility index (Phi) is 7.64. The highest BCUT2D eigenvalue weighted by atomic mass is 19.3. The van der Waals surface area contributed by atoms with Gasteiger partial charge >= 0.3 is 0 Å². The number of ether oxygens (including phenoxy) is 1. The molecule has 0 fully saturated rings. The molecule has 0 atom stereocenters. The zero-order chi connectivity index (χ0) is 24.8. The number of hydrogen-bond acceptors (Lipinski definition) is 4. The van der Waals surface area contributed by atoms with Crippen LogP contribution in [0.25, 0.3) is 33.8 Å². The summed E-state index contributed by atoms with van der Waals surface area (Å²) in [5.41, 5.74) is 0.813. The van der Waals surface area contributed by atoms with Gasteiger partial charge in [0, 0.05) is 22.8 Å². The lowest BCUT2D eigenvalue weighted by atomic mass is 9.97. The molecule has 35 heavy (non-hydrogen) atoms. The van der Waals surface area contributed by atoms with Gasteiger partial charge in [-0.3, -0.25) is 9.89 Å². The standard InChI is InChI=1S/C26H25F3N4O2/c1-2-3-4-5-12-35-18-10-11-19(21(27)13-18)22-14-20(16-6-8-17(9-7-16)24(28)29)23(26(34)32-22)25-30-15-31-33-25/h6-11,13-15,24H,2-5,12H2,1H3,(H,32,34)(H,30,31,33). The summed E-state index contributed by atoms with van der Waals surface area (Å²) in [6, 6.07) is 11.6. The van der Waals surface area contributed by atoms with Gasteiger partial charge in [0.1, 0.15) is 17.9 Å². The van der Waals surface area contributed by atoms with E-state index in [2.05, 4.69) is 27.1 Å². The molecule has 2 heterocycles. The molecule has 0 radical (unpaired) electrons. The van der Waals surface area contributed by atoms with Crippen molar-refractivity contribution in [1.82, 2.24) is 20.2 Å². The lowest BCUT2D eigenvalue weighted by Gasteiger charge is -2.13. The van der Waals surface area contributed by atoms with Crippen LogP contribution in [0, 0.1) is 5.82 Å². The third kappa shape index (κ3) is 5.62. The average Bonchev–Trinajstić information content (AvgIpc) is 3.38. The molecule has 0 saturated carbocycles. The van der Waals surface area contributed by atoms with E-state index in [-0.39, 0.29) is 28.2 Å². The van der Waals surface area contributed by atoms with E-state index in [1.807, 2.05) is 0 Å². The third-order valence-electron chi connectivity index (χ3n) is 5.66. The number of nitrogens with zero attached hydrogens (tertiary/aromatic N) is 2. The van der Waals surface area contributed by atoms with Crippen LogP contribution in [0.15, 0.2) is 59.7 Å². The first kappa shape index (κ1) is 24.3. The minimum Gasteiger partial charge on any atom is -0.493 e. The van der Waals surface area contributed by atoms with Crippen molar-refractivity contribution < 1.29 is 17.9 Å². The highest BCUT2D eigenvalue weighted by Gasteiger charge is 2.19. The zero-order valence-corrected chi connectivity index (χ0v) is 19.2. The van der Waals surface area contributed by atoms with E-state index in [9.17, 15) is 13.6 Å². The molecule has 0 spiro atoms. The number of pyridine rings is 1. The number of rotatable bonds is 10. The first-order chi connectivity index (χ1) is 17.0. The van der Waals surface area contributed by atoms with Gasteiger partial charge in [0.05, 0.1) is 17.9 Å². The summed E-state index contributed by atoms with van der Waals surface area (Å²) in [4.78, 5) is 19.8. The first-order valence-corrected chi connectivity index (χ1v) is 11.4. The van der Waals surface area contributed by atoms with E-state index < -0.39 is 17.8 Å². The van der Waals surface area contributed by atoms with Crippen molar-refractivity contribution in [1.29, 1.82) is 0 Å². The fourth-order valence-corrected chi connectivity index (χ4v) is 3.82. The number of unbranched alkanes of at least 4 members (excludes halogenated alkanes) is 3. The maximum Gasteiger partial charge on any atom is 0.263 e.